The van der Waals surface area contributed by atoms with Gasteiger partial charge in [0.15, 0.2) is 0 Å². The molecule has 3 aromatic rings. The zero-order valence-electron chi connectivity index (χ0n) is 16.6. The first-order valence-electron chi connectivity index (χ1n) is 9.79. The number of thiophene rings is 1. The minimum Gasteiger partial charge on any atom is -0.330 e. The number of hydrogen-bond acceptors (Lipinski definition) is 5. The SMILES string of the molecule is CC(C)c1nc2cc(Br)sc2c2c1nc(CCCN1CCN(C)CC1)n2C. The number of aromatic nitrogens is 3. The van der Waals surface area contributed by atoms with Gasteiger partial charge in [0.2, 0.25) is 0 Å². The maximum Gasteiger partial charge on any atom is 0.112 e. The number of piperazine rings is 1. The lowest BCUT2D eigenvalue weighted by molar-refractivity contribution is 0.153. The van der Waals surface area contributed by atoms with E-state index >= 15 is 0 Å². The Kier molecular flexibility index (Phi) is 5.56. The van der Waals surface area contributed by atoms with E-state index in [2.05, 4.69) is 64.3 Å². The van der Waals surface area contributed by atoms with Crippen LogP contribution in [0.15, 0.2) is 9.85 Å². The van der Waals surface area contributed by atoms with Crippen molar-refractivity contribution in [2.24, 2.45) is 7.05 Å². The summed E-state index contributed by atoms with van der Waals surface area (Å²) in [6.45, 7) is 10.3. The fourth-order valence-electron chi connectivity index (χ4n) is 3.93. The summed E-state index contributed by atoms with van der Waals surface area (Å²) in [5, 5.41) is 0. The molecule has 1 fully saturated rings. The van der Waals surface area contributed by atoms with Crippen molar-refractivity contribution in [3.8, 4) is 0 Å². The molecule has 3 aromatic heterocycles. The second kappa shape index (κ2) is 7.78. The molecule has 0 atom stereocenters. The first-order chi connectivity index (χ1) is 12.9. The van der Waals surface area contributed by atoms with Crippen LogP contribution in [0.3, 0.4) is 0 Å². The Morgan fingerprint density at radius 2 is 1.89 bits per heavy atom. The number of aryl methyl sites for hydroxylation is 2. The Labute approximate surface area is 173 Å². The number of nitrogens with zero attached hydrogens (tertiary/aromatic N) is 5. The largest absolute Gasteiger partial charge is 0.330 e. The summed E-state index contributed by atoms with van der Waals surface area (Å²) in [6, 6.07) is 2.13. The lowest BCUT2D eigenvalue weighted by atomic mass is 10.1. The van der Waals surface area contributed by atoms with Crippen molar-refractivity contribution >= 4 is 48.5 Å². The van der Waals surface area contributed by atoms with E-state index in [-0.39, 0.29) is 0 Å². The fourth-order valence-corrected chi connectivity index (χ4v) is 5.54. The zero-order valence-corrected chi connectivity index (χ0v) is 19.0. The Morgan fingerprint density at radius 3 is 2.59 bits per heavy atom. The highest BCUT2D eigenvalue weighted by Crippen LogP contribution is 2.37. The fraction of sp³-hybridized carbons (Fsp3) is 0.600. The summed E-state index contributed by atoms with van der Waals surface area (Å²) >= 11 is 5.39. The van der Waals surface area contributed by atoms with Crippen molar-refractivity contribution in [3.05, 3.63) is 21.4 Å². The molecule has 0 N–H and O–H groups in total. The van der Waals surface area contributed by atoms with Gasteiger partial charge < -0.3 is 14.4 Å². The van der Waals surface area contributed by atoms with Crippen molar-refractivity contribution < 1.29 is 0 Å². The Bertz CT molecular complexity index is 952. The van der Waals surface area contributed by atoms with Gasteiger partial charge in [0.05, 0.1) is 25.2 Å². The second-order valence-electron chi connectivity index (χ2n) is 7.95. The Balaban J connectivity index is 1.61. The topological polar surface area (TPSA) is 37.2 Å². The summed E-state index contributed by atoms with van der Waals surface area (Å²) in [5.41, 5.74) is 4.52. The lowest BCUT2D eigenvalue weighted by Crippen LogP contribution is -2.44. The van der Waals surface area contributed by atoms with E-state index in [4.69, 9.17) is 9.97 Å². The van der Waals surface area contributed by atoms with Gasteiger partial charge >= 0.3 is 0 Å². The summed E-state index contributed by atoms with van der Waals surface area (Å²) < 4.78 is 4.67. The molecule has 1 saturated heterocycles. The predicted molar refractivity (Wildman–Crippen MR) is 118 cm³/mol. The molecule has 4 rings (SSSR count). The number of likely N-dealkylation sites (N-methyl/N-ethyl adjacent to an activating group) is 1. The van der Waals surface area contributed by atoms with Crippen molar-refractivity contribution in [1.29, 1.82) is 0 Å². The van der Waals surface area contributed by atoms with Crippen molar-refractivity contribution in [2.75, 3.05) is 39.8 Å². The van der Waals surface area contributed by atoms with Crippen LogP contribution in [0.5, 0.6) is 0 Å². The molecule has 27 heavy (non-hydrogen) atoms. The minimum absolute atomic E-state index is 0.365. The maximum atomic E-state index is 5.05. The predicted octanol–water partition coefficient (Wildman–Crippen LogP) is 4.25. The van der Waals surface area contributed by atoms with Crippen LogP contribution in [0.2, 0.25) is 0 Å². The molecule has 5 nitrogen and oxygen atoms in total. The van der Waals surface area contributed by atoms with E-state index in [0.717, 1.165) is 39.9 Å². The number of rotatable bonds is 5. The van der Waals surface area contributed by atoms with Crippen LogP contribution < -0.4 is 0 Å². The monoisotopic (exact) mass is 449 g/mol. The molecule has 0 spiro atoms. The highest BCUT2D eigenvalue weighted by molar-refractivity contribution is 9.11. The highest BCUT2D eigenvalue weighted by Gasteiger charge is 2.20. The van der Waals surface area contributed by atoms with Gasteiger partial charge in [0, 0.05) is 39.6 Å². The van der Waals surface area contributed by atoms with Gasteiger partial charge in [-0.3, -0.25) is 0 Å². The molecule has 0 radical (unpaired) electrons. The van der Waals surface area contributed by atoms with E-state index in [1.807, 2.05) is 0 Å². The van der Waals surface area contributed by atoms with Crippen molar-refractivity contribution in [3.63, 3.8) is 0 Å². The molecule has 1 aliphatic rings. The number of halogens is 1. The normalized spacial score (nSPS) is 17.0. The molecule has 4 heterocycles. The molecule has 146 valence electrons. The minimum atomic E-state index is 0.365. The van der Waals surface area contributed by atoms with Gasteiger partial charge in [-0.05, 0) is 47.9 Å². The first kappa shape index (κ1) is 19.3. The highest BCUT2D eigenvalue weighted by atomic mass is 79.9. The van der Waals surface area contributed by atoms with E-state index in [0.29, 0.717) is 5.92 Å². The Morgan fingerprint density at radius 1 is 1.15 bits per heavy atom. The second-order valence-corrected chi connectivity index (χ2v) is 10.4. The van der Waals surface area contributed by atoms with Gasteiger partial charge in [-0.2, -0.15) is 0 Å². The van der Waals surface area contributed by atoms with Crippen LogP contribution >= 0.6 is 27.3 Å². The van der Waals surface area contributed by atoms with Crippen LogP contribution in [-0.4, -0.2) is 64.1 Å². The molecular formula is C20H28BrN5S. The molecule has 0 aliphatic carbocycles. The van der Waals surface area contributed by atoms with Gasteiger partial charge in [0.1, 0.15) is 11.3 Å². The van der Waals surface area contributed by atoms with Gasteiger partial charge in [-0.15, -0.1) is 11.3 Å². The van der Waals surface area contributed by atoms with E-state index in [9.17, 15) is 0 Å². The van der Waals surface area contributed by atoms with Gasteiger partial charge in [-0.25, -0.2) is 9.97 Å². The molecule has 7 heteroatoms. The van der Waals surface area contributed by atoms with Crippen LogP contribution in [0.4, 0.5) is 0 Å². The van der Waals surface area contributed by atoms with E-state index in [1.54, 1.807) is 11.3 Å². The standard InChI is InChI=1S/C20H28BrN5S/c1-13(2)17-18-19(20-14(22-17)12-15(21)27-20)25(4)16(23-18)6-5-7-26-10-8-24(3)9-11-26/h12-13H,5-11H2,1-4H3. The van der Waals surface area contributed by atoms with Crippen molar-refractivity contribution in [1.82, 2.24) is 24.3 Å². The third-order valence-corrected chi connectivity index (χ3v) is 7.22. The molecular weight excluding hydrogens is 422 g/mol. The van der Waals surface area contributed by atoms with Crippen LogP contribution in [0.1, 0.15) is 37.7 Å². The van der Waals surface area contributed by atoms with Crippen LogP contribution in [0.25, 0.3) is 21.3 Å². The van der Waals surface area contributed by atoms with Crippen LogP contribution in [0, 0.1) is 0 Å². The van der Waals surface area contributed by atoms with Crippen molar-refractivity contribution in [2.45, 2.75) is 32.6 Å². The third-order valence-electron chi connectivity index (χ3n) is 5.59. The smallest absolute Gasteiger partial charge is 0.112 e. The summed E-state index contributed by atoms with van der Waals surface area (Å²) in [6.07, 6.45) is 2.17. The van der Waals surface area contributed by atoms with Gasteiger partial charge in [0.25, 0.3) is 0 Å². The Hall–Kier alpha value is -1.02. The molecule has 0 unspecified atom stereocenters. The maximum absolute atomic E-state index is 5.05. The molecule has 0 aromatic carbocycles. The molecule has 0 saturated carbocycles. The number of hydrogen-bond donors (Lipinski definition) is 0. The summed E-state index contributed by atoms with van der Waals surface area (Å²) in [5.74, 6) is 1.54. The zero-order chi connectivity index (χ0) is 19.1. The third kappa shape index (κ3) is 3.79. The van der Waals surface area contributed by atoms with E-state index in [1.165, 1.54) is 42.2 Å². The lowest BCUT2D eigenvalue weighted by Gasteiger charge is -2.32. The molecule has 1 aliphatic heterocycles. The first-order valence-corrected chi connectivity index (χ1v) is 11.4. The molecule has 0 bridgehead atoms. The van der Waals surface area contributed by atoms with E-state index < -0.39 is 0 Å². The number of pyridine rings is 1. The summed E-state index contributed by atoms with van der Waals surface area (Å²) in [7, 11) is 4.37. The average Bonchev–Trinajstić information content (AvgIpc) is 3.15. The van der Waals surface area contributed by atoms with Crippen LogP contribution in [-0.2, 0) is 13.5 Å². The van der Waals surface area contributed by atoms with Gasteiger partial charge in [-0.1, -0.05) is 13.8 Å². The number of imidazole rings is 1. The number of fused-ring (bicyclic) bond motifs is 3. The molecule has 0 amide bonds. The summed E-state index contributed by atoms with van der Waals surface area (Å²) in [4.78, 5) is 15.0. The average molecular weight is 450 g/mol. The quantitative estimate of drug-likeness (QED) is 0.583.